The summed E-state index contributed by atoms with van der Waals surface area (Å²) < 4.78 is 0. The summed E-state index contributed by atoms with van der Waals surface area (Å²) in [5.74, 6) is 0. The van der Waals surface area contributed by atoms with Gasteiger partial charge in [0.15, 0.2) is 0 Å². The molecule has 1 saturated heterocycles. The van der Waals surface area contributed by atoms with Crippen molar-refractivity contribution in [3.8, 4) is 6.07 Å². The molecule has 72 valence electrons. The van der Waals surface area contributed by atoms with E-state index in [0.717, 1.165) is 18.8 Å². The second kappa shape index (κ2) is 3.64. The lowest BCUT2D eigenvalue weighted by molar-refractivity contribution is 0.428. The molecule has 0 unspecified atom stereocenters. The van der Waals surface area contributed by atoms with Crippen LogP contribution in [0.4, 0.5) is 5.69 Å². The molecule has 0 aromatic carbocycles. The second-order valence-electron chi connectivity index (χ2n) is 3.43. The topological polar surface area (TPSA) is 52.0 Å². The van der Waals surface area contributed by atoms with E-state index in [-0.39, 0.29) is 0 Å². The molecule has 14 heavy (non-hydrogen) atoms. The van der Waals surface area contributed by atoms with Crippen molar-refractivity contribution in [1.82, 2.24) is 10.3 Å². The van der Waals surface area contributed by atoms with Gasteiger partial charge in [0.2, 0.25) is 0 Å². The molecule has 1 aromatic heterocycles. The van der Waals surface area contributed by atoms with E-state index in [2.05, 4.69) is 21.3 Å². The predicted octanol–water partition coefficient (Wildman–Crippen LogP) is 0.361. The SMILES string of the molecule is CN(c1cnccc1C#N)C1CNC1. The molecule has 0 saturated carbocycles. The van der Waals surface area contributed by atoms with E-state index in [4.69, 9.17) is 5.26 Å². The molecule has 2 heterocycles. The van der Waals surface area contributed by atoms with Gasteiger partial charge in [-0.05, 0) is 6.07 Å². The van der Waals surface area contributed by atoms with Crippen LogP contribution >= 0.6 is 0 Å². The normalized spacial score (nSPS) is 15.7. The van der Waals surface area contributed by atoms with Crippen LogP contribution in [-0.4, -0.2) is 31.2 Å². The summed E-state index contributed by atoms with van der Waals surface area (Å²) in [6.45, 7) is 1.96. The van der Waals surface area contributed by atoms with E-state index >= 15 is 0 Å². The standard InChI is InChI=1S/C10H12N4/c1-14(9-5-13-6-9)10-7-12-3-2-8(10)4-11/h2-3,7,9,13H,5-6H2,1H3. The fraction of sp³-hybridized carbons (Fsp3) is 0.400. The Morgan fingerprint density at radius 1 is 1.64 bits per heavy atom. The largest absolute Gasteiger partial charge is 0.367 e. The molecule has 0 amide bonds. The minimum atomic E-state index is 0.492. The average molecular weight is 188 g/mol. The third-order valence-corrected chi connectivity index (χ3v) is 2.61. The highest BCUT2D eigenvalue weighted by atomic mass is 15.2. The quantitative estimate of drug-likeness (QED) is 0.728. The Morgan fingerprint density at radius 3 is 3.00 bits per heavy atom. The summed E-state index contributed by atoms with van der Waals surface area (Å²) in [5.41, 5.74) is 1.61. The number of hydrogen-bond acceptors (Lipinski definition) is 4. The van der Waals surface area contributed by atoms with E-state index in [1.165, 1.54) is 0 Å². The van der Waals surface area contributed by atoms with Crippen LogP contribution in [0.1, 0.15) is 5.56 Å². The van der Waals surface area contributed by atoms with Crippen molar-refractivity contribution in [3.63, 3.8) is 0 Å². The van der Waals surface area contributed by atoms with Crippen LogP contribution in [0.3, 0.4) is 0 Å². The van der Waals surface area contributed by atoms with Crippen LogP contribution in [-0.2, 0) is 0 Å². The Kier molecular flexibility index (Phi) is 2.33. The lowest BCUT2D eigenvalue weighted by Crippen LogP contribution is -2.56. The summed E-state index contributed by atoms with van der Waals surface area (Å²) in [6.07, 6.45) is 3.39. The molecule has 4 nitrogen and oxygen atoms in total. The van der Waals surface area contributed by atoms with Gasteiger partial charge in [0.25, 0.3) is 0 Å². The van der Waals surface area contributed by atoms with E-state index in [0.29, 0.717) is 11.6 Å². The highest BCUT2D eigenvalue weighted by molar-refractivity contribution is 5.58. The predicted molar refractivity (Wildman–Crippen MR) is 54.0 cm³/mol. The van der Waals surface area contributed by atoms with Crippen LogP contribution in [0.2, 0.25) is 0 Å². The van der Waals surface area contributed by atoms with Crippen LogP contribution in [0.15, 0.2) is 18.5 Å². The maximum Gasteiger partial charge on any atom is 0.101 e. The number of nitrogens with one attached hydrogen (secondary N) is 1. The molecule has 0 atom stereocenters. The number of nitrogens with zero attached hydrogens (tertiary/aromatic N) is 3. The summed E-state index contributed by atoms with van der Waals surface area (Å²) in [6, 6.07) is 4.42. The highest BCUT2D eigenvalue weighted by Gasteiger charge is 2.23. The zero-order valence-electron chi connectivity index (χ0n) is 8.07. The van der Waals surface area contributed by atoms with Crippen molar-refractivity contribution in [2.24, 2.45) is 0 Å². The zero-order chi connectivity index (χ0) is 9.97. The number of anilines is 1. The van der Waals surface area contributed by atoms with E-state index in [9.17, 15) is 0 Å². The van der Waals surface area contributed by atoms with Crippen molar-refractivity contribution >= 4 is 5.69 Å². The molecule has 1 aliphatic heterocycles. The van der Waals surface area contributed by atoms with Crippen LogP contribution in [0, 0.1) is 11.3 Å². The number of hydrogen-bond donors (Lipinski definition) is 1. The summed E-state index contributed by atoms with van der Waals surface area (Å²) in [5, 5.41) is 12.1. The average Bonchev–Trinajstić information content (AvgIpc) is 2.15. The van der Waals surface area contributed by atoms with Crippen LogP contribution < -0.4 is 10.2 Å². The van der Waals surface area contributed by atoms with Gasteiger partial charge in [-0.3, -0.25) is 4.98 Å². The Hall–Kier alpha value is -1.60. The molecular weight excluding hydrogens is 176 g/mol. The fourth-order valence-electron chi connectivity index (χ4n) is 1.51. The van der Waals surface area contributed by atoms with Gasteiger partial charge in [0.05, 0.1) is 23.5 Å². The van der Waals surface area contributed by atoms with E-state index < -0.39 is 0 Å². The van der Waals surface area contributed by atoms with E-state index in [1.54, 1.807) is 18.5 Å². The maximum atomic E-state index is 8.92. The van der Waals surface area contributed by atoms with Crippen molar-refractivity contribution < 1.29 is 0 Å². The Bertz CT molecular complexity index is 365. The number of aromatic nitrogens is 1. The third-order valence-electron chi connectivity index (χ3n) is 2.61. The summed E-state index contributed by atoms with van der Waals surface area (Å²) >= 11 is 0. The summed E-state index contributed by atoms with van der Waals surface area (Å²) in [7, 11) is 2.00. The van der Waals surface area contributed by atoms with Gasteiger partial charge < -0.3 is 10.2 Å². The second-order valence-corrected chi connectivity index (χ2v) is 3.43. The fourth-order valence-corrected chi connectivity index (χ4v) is 1.51. The summed E-state index contributed by atoms with van der Waals surface area (Å²) in [4.78, 5) is 6.16. The van der Waals surface area contributed by atoms with Crippen molar-refractivity contribution in [1.29, 1.82) is 5.26 Å². The van der Waals surface area contributed by atoms with Crippen molar-refractivity contribution in [2.75, 3.05) is 25.0 Å². The van der Waals surface area contributed by atoms with Crippen LogP contribution in [0.5, 0.6) is 0 Å². The Labute approximate surface area is 83.2 Å². The van der Waals surface area contributed by atoms with Gasteiger partial charge in [-0.25, -0.2) is 0 Å². The number of likely N-dealkylation sites (N-methyl/N-ethyl adjacent to an activating group) is 1. The lowest BCUT2D eigenvalue weighted by atomic mass is 10.1. The smallest absolute Gasteiger partial charge is 0.101 e. The van der Waals surface area contributed by atoms with Crippen molar-refractivity contribution in [2.45, 2.75) is 6.04 Å². The highest BCUT2D eigenvalue weighted by Crippen LogP contribution is 2.20. The first kappa shape index (κ1) is 8.97. The zero-order valence-corrected chi connectivity index (χ0v) is 8.07. The van der Waals surface area contributed by atoms with E-state index in [1.807, 2.05) is 7.05 Å². The Morgan fingerprint density at radius 2 is 2.43 bits per heavy atom. The van der Waals surface area contributed by atoms with Gasteiger partial charge in [-0.2, -0.15) is 5.26 Å². The molecule has 4 heteroatoms. The molecule has 1 aromatic rings. The molecule has 0 bridgehead atoms. The number of pyridine rings is 1. The molecule has 1 aliphatic rings. The molecule has 0 radical (unpaired) electrons. The van der Waals surface area contributed by atoms with Gasteiger partial charge in [0, 0.05) is 26.3 Å². The molecule has 1 N–H and O–H groups in total. The third kappa shape index (κ3) is 1.42. The molecule has 0 spiro atoms. The number of nitriles is 1. The molecule has 2 rings (SSSR count). The molecule has 1 fully saturated rings. The minimum absolute atomic E-state index is 0.492. The van der Waals surface area contributed by atoms with Gasteiger partial charge in [-0.1, -0.05) is 0 Å². The first-order valence-corrected chi connectivity index (χ1v) is 4.60. The van der Waals surface area contributed by atoms with Gasteiger partial charge in [0.1, 0.15) is 6.07 Å². The first-order chi connectivity index (χ1) is 6.83. The number of rotatable bonds is 2. The lowest BCUT2D eigenvalue weighted by Gasteiger charge is -2.37. The maximum absolute atomic E-state index is 8.92. The Balaban J connectivity index is 2.26. The molecule has 0 aliphatic carbocycles. The minimum Gasteiger partial charge on any atom is -0.367 e. The van der Waals surface area contributed by atoms with Gasteiger partial charge in [-0.15, -0.1) is 0 Å². The van der Waals surface area contributed by atoms with Gasteiger partial charge >= 0.3 is 0 Å². The van der Waals surface area contributed by atoms with Crippen LogP contribution in [0.25, 0.3) is 0 Å². The molecular formula is C10H12N4. The first-order valence-electron chi connectivity index (χ1n) is 4.60. The van der Waals surface area contributed by atoms with Crippen molar-refractivity contribution in [3.05, 3.63) is 24.0 Å². The monoisotopic (exact) mass is 188 g/mol.